The number of benzene rings is 2. The maximum absolute atomic E-state index is 12.0. The molecule has 7 heteroatoms. The number of carbonyl (C=O) groups is 2. The standard InChI is InChI=1S/C14H18ClNO2.C6H5Cl.C3H6O2/c1-10(2)7-16-13(8-18-9-14(16)17)11-3-5-12(15)6-4-11;7-6-4-2-1-3-5-6;1-3(4)5-2/h3-6,10,13H,7-9H2,1-2H3;1-5H;1-2H3. The molecule has 1 aliphatic heterocycles. The minimum absolute atomic E-state index is 0.00548. The number of nitrogens with zero attached hydrogens (tertiary/aromatic N) is 1. The zero-order valence-corrected chi connectivity index (χ0v) is 19.3. The predicted molar refractivity (Wildman–Crippen MR) is 121 cm³/mol. The Kier molecular flexibility index (Phi) is 12.1. The molecule has 1 heterocycles. The molecule has 164 valence electrons. The lowest BCUT2D eigenvalue weighted by Gasteiger charge is -2.36. The van der Waals surface area contributed by atoms with Crippen molar-refractivity contribution in [3.63, 3.8) is 0 Å². The van der Waals surface area contributed by atoms with Gasteiger partial charge >= 0.3 is 5.97 Å². The fraction of sp³-hybridized carbons (Fsp3) is 0.391. The Morgan fingerprint density at radius 1 is 1.10 bits per heavy atom. The molecule has 0 radical (unpaired) electrons. The van der Waals surface area contributed by atoms with Gasteiger partial charge in [-0.1, -0.05) is 67.4 Å². The number of ether oxygens (including phenoxy) is 2. The van der Waals surface area contributed by atoms with Gasteiger partial charge in [0, 0.05) is 23.5 Å². The Morgan fingerprint density at radius 2 is 1.63 bits per heavy atom. The van der Waals surface area contributed by atoms with E-state index in [0.717, 1.165) is 17.1 Å². The average Bonchev–Trinajstić information content (AvgIpc) is 2.71. The Labute approximate surface area is 188 Å². The van der Waals surface area contributed by atoms with Crippen molar-refractivity contribution >= 4 is 35.1 Å². The molecule has 1 fully saturated rings. The molecule has 0 saturated carbocycles. The highest BCUT2D eigenvalue weighted by molar-refractivity contribution is 6.30. The lowest BCUT2D eigenvalue weighted by atomic mass is 10.0. The highest BCUT2D eigenvalue weighted by atomic mass is 35.5. The van der Waals surface area contributed by atoms with Gasteiger partial charge in [-0.2, -0.15) is 0 Å². The van der Waals surface area contributed by atoms with E-state index in [9.17, 15) is 9.59 Å². The summed E-state index contributed by atoms with van der Waals surface area (Å²) in [4.78, 5) is 23.5. The number of hydrogen-bond donors (Lipinski definition) is 0. The molecule has 2 aromatic carbocycles. The molecule has 1 unspecified atom stereocenters. The molecule has 1 saturated heterocycles. The molecule has 0 spiro atoms. The first kappa shape index (κ1) is 26.0. The largest absolute Gasteiger partial charge is 0.469 e. The molecule has 1 atom stereocenters. The van der Waals surface area contributed by atoms with Gasteiger partial charge in [-0.15, -0.1) is 0 Å². The van der Waals surface area contributed by atoms with Gasteiger partial charge in [-0.05, 0) is 35.7 Å². The predicted octanol–water partition coefficient (Wildman–Crippen LogP) is 5.42. The van der Waals surface area contributed by atoms with Crippen LogP contribution in [-0.2, 0) is 19.1 Å². The Hall–Kier alpha value is -2.08. The summed E-state index contributed by atoms with van der Waals surface area (Å²) < 4.78 is 9.48. The molecule has 30 heavy (non-hydrogen) atoms. The van der Waals surface area contributed by atoms with Gasteiger partial charge in [-0.25, -0.2) is 0 Å². The van der Waals surface area contributed by atoms with E-state index in [-0.39, 0.29) is 24.5 Å². The van der Waals surface area contributed by atoms with Crippen LogP contribution in [0.3, 0.4) is 0 Å². The number of rotatable bonds is 3. The average molecular weight is 454 g/mol. The zero-order chi connectivity index (χ0) is 22.5. The first-order valence-electron chi connectivity index (χ1n) is 9.62. The van der Waals surface area contributed by atoms with Crippen LogP contribution >= 0.6 is 23.2 Å². The second kappa shape index (κ2) is 14.0. The van der Waals surface area contributed by atoms with E-state index >= 15 is 0 Å². The van der Waals surface area contributed by atoms with E-state index in [2.05, 4.69) is 18.6 Å². The second-order valence-corrected chi connectivity index (χ2v) is 7.89. The third-order valence-electron chi connectivity index (χ3n) is 4.04. The zero-order valence-electron chi connectivity index (χ0n) is 17.8. The Bertz CT molecular complexity index is 767. The van der Waals surface area contributed by atoms with Crippen molar-refractivity contribution in [2.45, 2.75) is 26.8 Å². The molecule has 0 N–H and O–H groups in total. The maximum Gasteiger partial charge on any atom is 0.302 e. The van der Waals surface area contributed by atoms with Crippen LogP contribution in [0.25, 0.3) is 0 Å². The van der Waals surface area contributed by atoms with E-state index < -0.39 is 0 Å². The summed E-state index contributed by atoms with van der Waals surface area (Å²) in [5, 5.41) is 1.50. The van der Waals surface area contributed by atoms with Crippen LogP contribution in [0, 0.1) is 5.92 Å². The van der Waals surface area contributed by atoms with Gasteiger partial charge in [0.2, 0.25) is 5.91 Å². The first-order chi connectivity index (χ1) is 14.2. The fourth-order valence-electron chi connectivity index (χ4n) is 2.60. The molecule has 1 amide bonds. The fourth-order valence-corrected chi connectivity index (χ4v) is 2.87. The van der Waals surface area contributed by atoms with E-state index in [1.807, 2.05) is 59.5 Å². The van der Waals surface area contributed by atoms with Crippen LogP contribution in [0.15, 0.2) is 54.6 Å². The monoisotopic (exact) mass is 453 g/mol. The van der Waals surface area contributed by atoms with Crippen molar-refractivity contribution in [2.75, 3.05) is 26.9 Å². The lowest BCUT2D eigenvalue weighted by molar-refractivity contribution is -0.149. The molecular weight excluding hydrogens is 425 g/mol. The molecule has 1 aliphatic rings. The summed E-state index contributed by atoms with van der Waals surface area (Å²) in [6.07, 6.45) is 0. The number of amides is 1. The molecule has 2 aromatic rings. The van der Waals surface area contributed by atoms with Gasteiger partial charge in [0.15, 0.2) is 0 Å². The molecular formula is C23H29Cl2NO4. The van der Waals surface area contributed by atoms with Crippen molar-refractivity contribution in [3.8, 4) is 0 Å². The third kappa shape index (κ3) is 10.1. The van der Waals surface area contributed by atoms with Crippen molar-refractivity contribution < 1.29 is 19.1 Å². The number of hydrogen-bond acceptors (Lipinski definition) is 4. The minimum Gasteiger partial charge on any atom is -0.469 e. The summed E-state index contributed by atoms with van der Waals surface area (Å²) in [6, 6.07) is 17.1. The molecule has 0 aromatic heterocycles. The van der Waals surface area contributed by atoms with E-state index in [1.54, 1.807) is 0 Å². The molecule has 5 nitrogen and oxygen atoms in total. The summed E-state index contributed by atoms with van der Waals surface area (Å²) in [5.41, 5.74) is 1.08. The minimum atomic E-state index is -0.245. The van der Waals surface area contributed by atoms with Gasteiger partial charge in [-0.3, -0.25) is 9.59 Å². The van der Waals surface area contributed by atoms with Crippen LogP contribution in [0.1, 0.15) is 32.4 Å². The SMILES string of the molecule is CC(C)CN1C(=O)COCC1c1ccc(Cl)cc1.COC(C)=O.Clc1ccccc1. The number of carbonyl (C=O) groups excluding carboxylic acids is 2. The first-order valence-corrected chi connectivity index (χ1v) is 10.4. The maximum atomic E-state index is 12.0. The smallest absolute Gasteiger partial charge is 0.302 e. The van der Waals surface area contributed by atoms with Crippen molar-refractivity contribution in [1.82, 2.24) is 4.90 Å². The van der Waals surface area contributed by atoms with Crippen LogP contribution in [0.5, 0.6) is 0 Å². The highest BCUT2D eigenvalue weighted by Crippen LogP contribution is 2.26. The van der Waals surface area contributed by atoms with Crippen LogP contribution in [-0.4, -0.2) is 43.6 Å². The van der Waals surface area contributed by atoms with E-state index in [0.29, 0.717) is 17.5 Å². The van der Waals surface area contributed by atoms with E-state index in [4.69, 9.17) is 27.9 Å². The van der Waals surface area contributed by atoms with Crippen LogP contribution in [0.2, 0.25) is 10.0 Å². The quantitative estimate of drug-likeness (QED) is 0.582. The summed E-state index contributed by atoms with van der Waals surface area (Å²) in [6.45, 7) is 7.09. The topological polar surface area (TPSA) is 55.8 Å². The van der Waals surface area contributed by atoms with E-state index in [1.165, 1.54) is 14.0 Å². The van der Waals surface area contributed by atoms with Gasteiger partial charge in [0.25, 0.3) is 0 Å². The molecule has 3 rings (SSSR count). The Balaban J connectivity index is 0.000000307. The van der Waals surface area contributed by atoms with Crippen molar-refractivity contribution in [1.29, 1.82) is 0 Å². The van der Waals surface area contributed by atoms with Crippen LogP contribution < -0.4 is 0 Å². The normalized spacial score (nSPS) is 15.5. The van der Waals surface area contributed by atoms with Gasteiger partial charge in [0.1, 0.15) is 6.61 Å². The van der Waals surface area contributed by atoms with Gasteiger partial charge in [0.05, 0.1) is 19.8 Å². The summed E-state index contributed by atoms with van der Waals surface area (Å²) >= 11 is 11.4. The number of methoxy groups -OCH3 is 1. The second-order valence-electron chi connectivity index (χ2n) is 7.01. The van der Waals surface area contributed by atoms with Crippen molar-refractivity contribution in [3.05, 3.63) is 70.2 Å². The Morgan fingerprint density at radius 3 is 2.07 bits per heavy atom. The number of halogens is 2. The summed E-state index contributed by atoms with van der Waals surface area (Å²) in [7, 11) is 1.35. The number of esters is 1. The lowest BCUT2D eigenvalue weighted by Crippen LogP contribution is -2.45. The number of morpholine rings is 1. The van der Waals surface area contributed by atoms with Crippen LogP contribution in [0.4, 0.5) is 0 Å². The highest BCUT2D eigenvalue weighted by Gasteiger charge is 2.30. The molecule has 0 bridgehead atoms. The van der Waals surface area contributed by atoms with Gasteiger partial charge < -0.3 is 14.4 Å². The third-order valence-corrected chi connectivity index (χ3v) is 4.54. The van der Waals surface area contributed by atoms with Crippen molar-refractivity contribution in [2.24, 2.45) is 5.92 Å². The molecule has 0 aliphatic carbocycles. The summed E-state index contributed by atoms with van der Waals surface area (Å²) in [5.74, 6) is 0.266.